The van der Waals surface area contributed by atoms with E-state index in [1.807, 2.05) is 54.6 Å². The quantitative estimate of drug-likeness (QED) is 0.401. The van der Waals surface area contributed by atoms with Crippen LogP contribution in [0.2, 0.25) is 0 Å². The first kappa shape index (κ1) is 16.7. The standard InChI is InChI=1S/C25H13N3O2/c29-24-17-12-6-7-13-18(17)25(30)23-22(24)27-20-16-11-5-4-10-15(16)19(21(20)28-23)26-14-8-2-1-3-9-14/h1-13H. The molecule has 0 spiro atoms. The average Bonchev–Trinajstić information content (AvgIpc) is 3.10. The zero-order chi connectivity index (χ0) is 20.2. The van der Waals surface area contributed by atoms with Crippen LogP contribution in [0.25, 0.3) is 43.6 Å². The normalized spacial score (nSPS) is 12.5. The molecule has 5 nitrogen and oxygen atoms in total. The molecular formula is C25H13N3O2. The van der Waals surface area contributed by atoms with E-state index in [1.54, 1.807) is 24.3 Å². The summed E-state index contributed by atoms with van der Waals surface area (Å²) in [6.45, 7) is 0. The van der Waals surface area contributed by atoms with E-state index in [1.165, 1.54) is 0 Å². The fourth-order valence-electron chi connectivity index (χ4n) is 4.01. The minimum atomic E-state index is -0.287. The molecule has 0 unspecified atom stereocenters. The van der Waals surface area contributed by atoms with Gasteiger partial charge >= 0.3 is 0 Å². The van der Waals surface area contributed by atoms with E-state index < -0.39 is 0 Å². The van der Waals surface area contributed by atoms with Gasteiger partial charge in [-0.1, -0.05) is 66.7 Å². The Morgan fingerprint density at radius 2 is 1.00 bits per heavy atom. The van der Waals surface area contributed by atoms with E-state index in [-0.39, 0.29) is 21.9 Å². The van der Waals surface area contributed by atoms with E-state index in [0.29, 0.717) is 27.2 Å². The van der Waals surface area contributed by atoms with Crippen molar-refractivity contribution in [1.82, 2.24) is 9.97 Å². The van der Waals surface area contributed by atoms with Gasteiger partial charge in [0.2, 0.25) is 10.9 Å². The highest BCUT2D eigenvalue weighted by Gasteiger charge is 2.18. The van der Waals surface area contributed by atoms with Gasteiger partial charge in [-0.3, -0.25) is 9.59 Å². The smallest absolute Gasteiger partial charge is 0.214 e. The number of aromatic nitrogens is 2. The first-order valence-electron chi connectivity index (χ1n) is 9.57. The van der Waals surface area contributed by atoms with Crippen LogP contribution < -0.4 is 16.2 Å². The van der Waals surface area contributed by atoms with Crippen LogP contribution in [0.3, 0.4) is 0 Å². The Bertz CT molecular complexity index is 1780. The van der Waals surface area contributed by atoms with Crippen molar-refractivity contribution in [1.29, 1.82) is 0 Å². The number of para-hydroxylation sites is 1. The van der Waals surface area contributed by atoms with Crippen LogP contribution in [0.4, 0.5) is 5.69 Å². The van der Waals surface area contributed by atoms with Gasteiger partial charge < -0.3 is 0 Å². The van der Waals surface area contributed by atoms with E-state index >= 15 is 0 Å². The zero-order valence-electron chi connectivity index (χ0n) is 15.7. The van der Waals surface area contributed by atoms with Gasteiger partial charge in [0.25, 0.3) is 0 Å². The number of hydrogen-bond donors (Lipinski definition) is 0. The van der Waals surface area contributed by atoms with E-state index in [4.69, 9.17) is 4.99 Å². The summed E-state index contributed by atoms with van der Waals surface area (Å²) in [5, 5.41) is 3.13. The third-order valence-corrected chi connectivity index (χ3v) is 5.40. The van der Waals surface area contributed by atoms with Crippen molar-refractivity contribution in [2.45, 2.75) is 0 Å². The van der Waals surface area contributed by atoms with Gasteiger partial charge in [0, 0.05) is 21.5 Å². The number of fused-ring (bicyclic) bond motifs is 5. The fraction of sp³-hybridized carbons (Fsp3) is 0. The van der Waals surface area contributed by atoms with Gasteiger partial charge in [0.05, 0.1) is 16.6 Å². The summed E-state index contributed by atoms with van der Waals surface area (Å²) in [6.07, 6.45) is 0. The van der Waals surface area contributed by atoms with Crippen molar-refractivity contribution >= 4 is 49.3 Å². The summed E-state index contributed by atoms with van der Waals surface area (Å²) >= 11 is 0. The summed E-state index contributed by atoms with van der Waals surface area (Å²) in [7, 11) is 0. The van der Waals surface area contributed by atoms with E-state index in [0.717, 1.165) is 16.5 Å². The van der Waals surface area contributed by atoms with Gasteiger partial charge in [-0.05, 0) is 12.1 Å². The van der Waals surface area contributed by atoms with Gasteiger partial charge in [-0.25, -0.2) is 15.0 Å². The highest BCUT2D eigenvalue weighted by Crippen LogP contribution is 2.24. The number of hydrogen-bond acceptors (Lipinski definition) is 5. The largest absolute Gasteiger partial charge is 0.287 e. The first-order valence-corrected chi connectivity index (χ1v) is 9.57. The Morgan fingerprint density at radius 3 is 1.63 bits per heavy atom. The van der Waals surface area contributed by atoms with Crippen LogP contribution in [-0.4, -0.2) is 9.97 Å². The Balaban J connectivity index is 1.88. The van der Waals surface area contributed by atoms with Crippen molar-refractivity contribution in [3.8, 4) is 0 Å². The summed E-state index contributed by atoms with van der Waals surface area (Å²) in [5.74, 6) is 0. The van der Waals surface area contributed by atoms with Crippen LogP contribution in [0, 0.1) is 0 Å². The van der Waals surface area contributed by atoms with Gasteiger partial charge in [0.15, 0.2) is 0 Å². The van der Waals surface area contributed by atoms with Crippen molar-refractivity contribution < 1.29 is 0 Å². The van der Waals surface area contributed by atoms with Gasteiger partial charge in [0.1, 0.15) is 16.6 Å². The molecule has 0 saturated carbocycles. The molecule has 0 atom stereocenters. The maximum Gasteiger partial charge on any atom is 0.214 e. The number of nitrogens with zero attached hydrogens (tertiary/aromatic N) is 3. The molecule has 140 valence electrons. The molecule has 0 N–H and O–H groups in total. The molecule has 0 radical (unpaired) electrons. The van der Waals surface area contributed by atoms with E-state index in [2.05, 4.69) is 9.97 Å². The topological polar surface area (TPSA) is 72.3 Å². The fourth-order valence-corrected chi connectivity index (χ4v) is 4.01. The van der Waals surface area contributed by atoms with Crippen LogP contribution >= 0.6 is 0 Å². The molecule has 0 aliphatic heterocycles. The van der Waals surface area contributed by atoms with Crippen LogP contribution in [-0.2, 0) is 0 Å². The highest BCUT2D eigenvalue weighted by atomic mass is 16.1. The number of benzene rings is 4. The molecule has 0 amide bonds. The van der Waals surface area contributed by atoms with Crippen LogP contribution in [0.1, 0.15) is 0 Å². The monoisotopic (exact) mass is 387 g/mol. The third-order valence-electron chi connectivity index (χ3n) is 5.40. The van der Waals surface area contributed by atoms with Crippen LogP contribution in [0.15, 0.2) is 93.4 Å². The Labute approximate surface area is 169 Å². The van der Waals surface area contributed by atoms with Crippen molar-refractivity contribution in [3.63, 3.8) is 0 Å². The average molecular weight is 387 g/mol. The minimum Gasteiger partial charge on any atom is -0.287 e. The van der Waals surface area contributed by atoms with Crippen molar-refractivity contribution in [2.24, 2.45) is 4.99 Å². The Hall–Kier alpha value is -4.25. The first-order chi connectivity index (χ1) is 14.7. The maximum atomic E-state index is 13.1. The second-order valence-corrected chi connectivity index (χ2v) is 7.16. The maximum absolute atomic E-state index is 13.1. The molecule has 1 aromatic heterocycles. The van der Waals surface area contributed by atoms with Crippen molar-refractivity contribution in [3.05, 3.63) is 105 Å². The Kier molecular flexibility index (Phi) is 3.40. The molecule has 30 heavy (non-hydrogen) atoms. The van der Waals surface area contributed by atoms with Gasteiger partial charge in [-0.15, -0.1) is 0 Å². The molecule has 0 aliphatic carbocycles. The molecule has 0 aliphatic rings. The molecule has 0 saturated heterocycles. The summed E-state index contributed by atoms with van der Waals surface area (Å²) in [4.78, 5) is 40.2. The predicted molar refractivity (Wildman–Crippen MR) is 119 cm³/mol. The predicted octanol–water partition coefficient (Wildman–Crippen LogP) is 3.92. The minimum absolute atomic E-state index is 0.0889. The summed E-state index contributed by atoms with van der Waals surface area (Å²) < 4.78 is 0. The van der Waals surface area contributed by atoms with Gasteiger partial charge in [-0.2, -0.15) is 0 Å². The summed E-state index contributed by atoms with van der Waals surface area (Å²) in [5.41, 5.74) is 1.52. The lowest BCUT2D eigenvalue weighted by Crippen LogP contribution is -2.16. The molecular weight excluding hydrogens is 374 g/mol. The lowest BCUT2D eigenvalue weighted by molar-refractivity contribution is 1.34. The van der Waals surface area contributed by atoms with Crippen molar-refractivity contribution in [2.75, 3.05) is 0 Å². The molecule has 1 heterocycles. The SMILES string of the molecule is O=c1c2ccccc2c(=O)c2nc3c(nc12)c(=Nc1ccccc1)c1ccccc13. The lowest BCUT2D eigenvalue weighted by atomic mass is 10.1. The zero-order valence-corrected chi connectivity index (χ0v) is 15.7. The summed E-state index contributed by atoms with van der Waals surface area (Å²) in [6, 6.07) is 24.1. The molecule has 0 bridgehead atoms. The molecule has 5 heteroatoms. The number of rotatable bonds is 1. The lowest BCUT2D eigenvalue weighted by Gasteiger charge is -2.00. The molecule has 5 aromatic carbocycles. The second kappa shape index (κ2) is 6.12. The second-order valence-electron chi connectivity index (χ2n) is 7.16. The van der Waals surface area contributed by atoms with E-state index in [9.17, 15) is 9.59 Å². The van der Waals surface area contributed by atoms with Crippen LogP contribution in [0.5, 0.6) is 0 Å². The molecule has 6 rings (SSSR count). The third kappa shape index (κ3) is 2.26. The molecule has 0 fully saturated rings. The Morgan fingerprint density at radius 1 is 0.500 bits per heavy atom. The highest BCUT2D eigenvalue weighted by molar-refractivity contribution is 6.10. The molecule has 6 aromatic rings.